The van der Waals surface area contributed by atoms with Crippen molar-refractivity contribution in [2.75, 3.05) is 12.3 Å². The zero-order valence-electron chi connectivity index (χ0n) is 11.1. The van der Waals surface area contributed by atoms with Crippen molar-refractivity contribution in [2.45, 2.75) is 27.2 Å². The Balaban J connectivity index is 1.98. The highest BCUT2D eigenvalue weighted by Gasteiger charge is 2.05. The third-order valence-corrected chi connectivity index (χ3v) is 2.87. The number of nitrogens with two attached hydrogens (primary N) is 1. The molecule has 0 bridgehead atoms. The Morgan fingerprint density at radius 1 is 1.17 bits per heavy atom. The van der Waals surface area contributed by atoms with Crippen LogP contribution in [0.25, 0.3) is 0 Å². The summed E-state index contributed by atoms with van der Waals surface area (Å²) in [6.07, 6.45) is 0.775. The molecule has 0 radical (unpaired) electrons. The number of nitrogens with one attached hydrogen (secondary N) is 1. The van der Waals surface area contributed by atoms with Gasteiger partial charge in [0.15, 0.2) is 0 Å². The minimum Gasteiger partial charge on any atom is -0.493 e. The van der Waals surface area contributed by atoms with Crippen molar-refractivity contribution >= 4 is 5.82 Å². The van der Waals surface area contributed by atoms with Gasteiger partial charge < -0.3 is 10.5 Å². The highest BCUT2D eigenvalue weighted by atomic mass is 16.5. The molecule has 1 heterocycles. The molecular formula is C14H19N3O. The van der Waals surface area contributed by atoms with Crippen LogP contribution in [0.3, 0.4) is 0 Å². The van der Waals surface area contributed by atoms with E-state index in [2.05, 4.69) is 43.1 Å². The zero-order chi connectivity index (χ0) is 13.1. The topological polar surface area (TPSA) is 63.9 Å². The van der Waals surface area contributed by atoms with E-state index in [1.807, 2.05) is 6.07 Å². The Morgan fingerprint density at radius 2 is 1.83 bits per heavy atom. The number of aromatic amines is 1. The first-order valence-electron chi connectivity index (χ1n) is 6.06. The van der Waals surface area contributed by atoms with E-state index >= 15 is 0 Å². The maximum absolute atomic E-state index is 5.85. The second-order valence-corrected chi connectivity index (χ2v) is 4.64. The molecule has 0 fully saturated rings. The van der Waals surface area contributed by atoms with Crippen LogP contribution < -0.4 is 10.5 Å². The van der Waals surface area contributed by atoms with Gasteiger partial charge in [0, 0.05) is 18.2 Å². The molecule has 0 spiro atoms. The number of benzene rings is 1. The molecule has 0 saturated carbocycles. The van der Waals surface area contributed by atoms with E-state index in [-0.39, 0.29) is 0 Å². The number of aryl methyl sites for hydroxylation is 3. The lowest BCUT2D eigenvalue weighted by atomic mass is 10.1. The Labute approximate surface area is 107 Å². The molecule has 2 aromatic rings. The van der Waals surface area contributed by atoms with Crippen LogP contribution in [-0.4, -0.2) is 16.8 Å². The number of H-pyrrole nitrogens is 1. The molecule has 4 heteroatoms. The standard InChI is InChI=1S/C14H19N3O/c1-9-6-10(2)14(11(3)7-9)18-5-4-12-8-13(15)17-16-12/h6-8H,4-5H2,1-3H3,(H3,15,16,17). The predicted molar refractivity (Wildman–Crippen MR) is 72.9 cm³/mol. The Morgan fingerprint density at radius 3 is 2.39 bits per heavy atom. The number of rotatable bonds is 4. The molecule has 4 nitrogen and oxygen atoms in total. The molecule has 1 aromatic carbocycles. The van der Waals surface area contributed by atoms with Crippen LogP contribution in [-0.2, 0) is 6.42 Å². The van der Waals surface area contributed by atoms with Gasteiger partial charge in [-0.1, -0.05) is 17.7 Å². The molecule has 3 N–H and O–H groups in total. The van der Waals surface area contributed by atoms with Crippen LogP contribution >= 0.6 is 0 Å². The molecule has 0 unspecified atom stereocenters. The number of ether oxygens (including phenoxy) is 1. The van der Waals surface area contributed by atoms with E-state index in [0.717, 1.165) is 17.9 Å². The van der Waals surface area contributed by atoms with E-state index < -0.39 is 0 Å². The summed E-state index contributed by atoms with van der Waals surface area (Å²) >= 11 is 0. The van der Waals surface area contributed by atoms with Gasteiger partial charge in [-0.05, 0) is 31.9 Å². The summed E-state index contributed by atoms with van der Waals surface area (Å²) in [5, 5.41) is 6.76. The number of hydrogen-bond acceptors (Lipinski definition) is 3. The average Bonchev–Trinajstić information content (AvgIpc) is 2.68. The molecule has 0 amide bonds. The first-order chi connectivity index (χ1) is 8.56. The van der Waals surface area contributed by atoms with Crippen LogP contribution in [0.2, 0.25) is 0 Å². The SMILES string of the molecule is Cc1cc(C)c(OCCc2cc(N)n[nH]2)c(C)c1. The summed E-state index contributed by atoms with van der Waals surface area (Å²) in [7, 11) is 0. The van der Waals surface area contributed by atoms with E-state index in [1.165, 1.54) is 16.7 Å². The summed E-state index contributed by atoms with van der Waals surface area (Å²) in [5.41, 5.74) is 10.2. The van der Waals surface area contributed by atoms with Crippen molar-refractivity contribution in [3.8, 4) is 5.75 Å². The minimum atomic E-state index is 0.521. The fourth-order valence-electron chi connectivity index (χ4n) is 2.16. The van der Waals surface area contributed by atoms with Gasteiger partial charge in [0.25, 0.3) is 0 Å². The van der Waals surface area contributed by atoms with E-state index in [1.54, 1.807) is 0 Å². The first kappa shape index (κ1) is 12.5. The molecule has 1 aromatic heterocycles. The molecule has 0 aliphatic heterocycles. The van der Waals surface area contributed by atoms with Crippen LogP contribution in [0.1, 0.15) is 22.4 Å². The minimum absolute atomic E-state index is 0.521. The van der Waals surface area contributed by atoms with E-state index in [9.17, 15) is 0 Å². The number of nitrogen functional groups attached to an aromatic ring is 1. The fourth-order valence-corrected chi connectivity index (χ4v) is 2.16. The molecule has 0 aliphatic rings. The summed E-state index contributed by atoms with van der Waals surface area (Å²) in [5.74, 6) is 1.50. The first-order valence-corrected chi connectivity index (χ1v) is 6.06. The lowest BCUT2D eigenvalue weighted by Gasteiger charge is -2.12. The Kier molecular flexibility index (Phi) is 3.55. The summed E-state index contributed by atoms with van der Waals surface area (Å²) in [6, 6.07) is 6.10. The maximum Gasteiger partial charge on any atom is 0.145 e. The largest absolute Gasteiger partial charge is 0.493 e. The molecule has 0 atom stereocenters. The quantitative estimate of drug-likeness (QED) is 0.870. The Hall–Kier alpha value is -1.97. The Bertz CT molecular complexity index is 523. The zero-order valence-corrected chi connectivity index (χ0v) is 11.1. The monoisotopic (exact) mass is 245 g/mol. The van der Waals surface area contributed by atoms with Gasteiger partial charge >= 0.3 is 0 Å². The van der Waals surface area contributed by atoms with Crippen molar-refractivity contribution < 1.29 is 4.74 Å². The third kappa shape index (κ3) is 2.83. The van der Waals surface area contributed by atoms with Crippen molar-refractivity contribution in [2.24, 2.45) is 0 Å². The van der Waals surface area contributed by atoms with Crippen LogP contribution in [0, 0.1) is 20.8 Å². The van der Waals surface area contributed by atoms with E-state index in [0.29, 0.717) is 12.4 Å². The highest BCUT2D eigenvalue weighted by Crippen LogP contribution is 2.24. The third-order valence-electron chi connectivity index (χ3n) is 2.87. The van der Waals surface area contributed by atoms with Gasteiger partial charge in [-0.25, -0.2) is 0 Å². The molecule has 96 valence electrons. The van der Waals surface area contributed by atoms with E-state index in [4.69, 9.17) is 10.5 Å². The number of hydrogen-bond donors (Lipinski definition) is 2. The van der Waals surface area contributed by atoms with Gasteiger partial charge in [-0.15, -0.1) is 0 Å². The fraction of sp³-hybridized carbons (Fsp3) is 0.357. The summed E-state index contributed by atoms with van der Waals surface area (Å²) < 4.78 is 5.85. The van der Waals surface area contributed by atoms with Crippen LogP contribution in [0.5, 0.6) is 5.75 Å². The van der Waals surface area contributed by atoms with Crippen LogP contribution in [0.15, 0.2) is 18.2 Å². The second-order valence-electron chi connectivity index (χ2n) is 4.64. The van der Waals surface area contributed by atoms with Gasteiger partial charge in [-0.2, -0.15) is 5.10 Å². The van der Waals surface area contributed by atoms with Crippen LogP contribution in [0.4, 0.5) is 5.82 Å². The predicted octanol–water partition coefficient (Wildman–Crippen LogP) is 2.54. The molecule has 18 heavy (non-hydrogen) atoms. The van der Waals surface area contributed by atoms with Gasteiger partial charge in [0.1, 0.15) is 11.6 Å². The van der Waals surface area contributed by atoms with Crippen molar-refractivity contribution in [1.29, 1.82) is 0 Å². The smallest absolute Gasteiger partial charge is 0.145 e. The van der Waals surface area contributed by atoms with Crippen molar-refractivity contribution in [3.63, 3.8) is 0 Å². The molecule has 0 saturated heterocycles. The molecule has 2 rings (SSSR count). The molecule has 0 aliphatic carbocycles. The lowest BCUT2D eigenvalue weighted by molar-refractivity contribution is 0.316. The summed E-state index contributed by atoms with van der Waals surface area (Å²) in [4.78, 5) is 0. The lowest BCUT2D eigenvalue weighted by Crippen LogP contribution is -2.04. The second kappa shape index (κ2) is 5.12. The number of nitrogens with zero attached hydrogens (tertiary/aromatic N) is 1. The van der Waals surface area contributed by atoms with Gasteiger partial charge in [-0.3, -0.25) is 5.10 Å². The highest BCUT2D eigenvalue weighted by molar-refractivity contribution is 5.43. The van der Waals surface area contributed by atoms with Gasteiger partial charge in [0.2, 0.25) is 0 Å². The normalized spacial score (nSPS) is 10.6. The molecular weight excluding hydrogens is 226 g/mol. The number of anilines is 1. The van der Waals surface area contributed by atoms with Gasteiger partial charge in [0.05, 0.1) is 6.61 Å². The van der Waals surface area contributed by atoms with Crippen molar-refractivity contribution in [1.82, 2.24) is 10.2 Å². The number of aromatic nitrogens is 2. The van der Waals surface area contributed by atoms with Crippen molar-refractivity contribution in [3.05, 3.63) is 40.6 Å². The maximum atomic E-state index is 5.85. The summed E-state index contributed by atoms with van der Waals surface area (Å²) in [6.45, 7) is 6.86. The average molecular weight is 245 g/mol.